The van der Waals surface area contributed by atoms with Crippen molar-refractivity contribution in [2.24, 2.45) is 0 Å². The molecule has 13 heavy (non-hydrogen) atoms. The first-order valence-electron chi connectivity index (χ1n) is 3.83. The molecule has 0 amide bonds. The van der Waals surface area contributed by atoms with Gasteiger partial charge < -0.3 is 10.4 Å². The Morgan fingerprint density at radius 3 is 2.92 bits per heavy atom. The van der Waals surface area contributed by atoms with Gasteiger partial charge >= 0.3 is 0 Å². The van der Waals surface area contributed by atoms with Crippen LogP contribution in [0.2, 0.25) is 0 Å². The first-order chi connectivity index (χ1) is 6.11. The van der Waals surface area contributed by atoms with Gasteiger partial charge in [-0.25, -0.2) is 4.98 Å². The largest absolute Gasteiger partial charge is 0.392 e. The van der Waals surface area contributed by atoms with E-state index in [4.69, 9.17) is 5.11 Å². The van der Waals surface area contributed by atoms with Crippen molar-refractivity contribution in [2.45, 2.75) is 13.0 Å². The third-order valence-corrected chi connectivity index (χ3v) is 1.43. The standard InChI is InChI=1S/C8H10F2N2O/c1-5(13)4-12-6-2-3-11-8(10)7(6)9/h2-3,5,13H,4H2,1H3,(H,11,12)/t5-/m1/s1. The van der Waals surface area contributed by atoms with Crippen molar-refractivity contribution in [3.05, 3.63) is 24.0 Å². The smallest absolute Gasteiger partial charge is 0.251 e. The summed E-state index contributed by atoms with van der Waals surface area (Å²) in [5.41, 5.74) is 0.00778. The van der Waals surface area contributed by atoms with Gasteiger partial charge in [0.15, 0.2) is 0 Å². The van der Waals surface area contributed by atoms with Crippen LogP contribution in [0.5, 0.6) is 0 Å². The van der Waals surface area contributed by atoms with E-state index in [1.807, 2.05) is 0 Å². The maximum atomic E-state index is 12.9. The van der Waals surface area contributed by atoms with Crippen LogP contribution in [0.4, 0.5) is 14.5 Å². The fourth-order valence-electron chi connectivity index (χ4n) is 0.812. The Bertz CT molecular complexity index is 291. The summed E-state index contributed by atoms with van der Waals surface area (Å²) >= 11 is 0. The Hall–Kier alpha value is -1.23. The SMILES string of the molecule is C[C@@H](O)CNc1ccnc(F)c1F. The Morgan fingerprint density at radius 2 is 2.31 bits per heavy atom. The van der Waals surface area contributed by atoms with E-state index in [0.717, 1.165) is 6.20 Å². The molecule has 0 aliphatic heterocycles. The lowest BCUT2D eigenvalue weighted by Gasteiger charge is -2.08. The molecule has 72 valence electrons. The van der Waals surface area contributed by atoms with Gasteiger partial charge in [0.1, 0.15) is 0 Å². The van der Waals surface area contributed by atoms with Crippen molar-refractivity contribution >= 4 is 5.69 Å². The molecule has 0 spiro atoms. The summed E-state index contributed by atoms with van der Waals surface area (Å²) in [4.78, 5) is 3.12. The number of aliphatic hydroxyl groups is 1. The van der Waals surface area contributed by atoms with Crippen molar-refractivity contribution in [3.8, 4) is 0 Å². The molecule has 0 bridgehead atoms. The van der Waals surface area contributed by atoms with E-state index in [1.54, 1.807) is 6.92 Å². The van der Waals surface area contributed by atoms with Gasteiger partial charge in [-0.15, -0.1) is 0 Å². The fraction of sp³-hybridized carbons (Fsp3) is 0.375. The molecule has 0 saturated carbocycles. The first kappa shape index (κ1) is 9.85. The van der Waals surface area contributed by atoms with Crippen LogP contribution in [0.3, 0.4) is 0 Å². The highest BCUT2D eigenvalue weighted by Gasteiger charge is 2.08. The van der Waals surface area contributed by atoms with E-state index in [2.05, 4.69) is 10.3 Å². The highest BCUT2D eigenvalue weighted by molar-refractivity contribution is 5.43. The number of anilines is 1. The molecule has 0 aliphatic rings. The Balaban J connectivity index is 2.71. The summed E-state index contributed by atoms with van der Waals surface area (Å²) in [6.07, 6.45) is 0.540. The van der Waals surface area contributed by atoms with Gasteiger partial charge in [0, 0.05) is 12.7 Å². The molecule has 0 radical (unpaired) electrons. The predicted molar refractivity (Wildman–Crippen MR) is 44.3 cm³/mol. The van der Waals surface area contributed by atoms with E-state index in [1.165, 1.54) is 6.07 Å². The van der Waals surface area contributed by atoms with Crippen molar-refractivity contribution in [1.82, 2.24) is 4.98 Å². The molecular weight excluding hydrogens is 178 g/mol. The van der Waals surface area contributed by atoms with Crippen molar-refractivity contribution in [1.29, 1.82) is 0 Å². The fourth-order valence-corrected chi connectivity index (χ4v) is 0.812. The van der Waals surface area contributed by atoms with Crippen molar-refractivity contribution in [2.75, 3.05) is 11.9 Å². The second kappa shape index (κ2) is 4.13. The molecule has 3 nitrogen and oxygen atoms in total. The summed E-state index contributed by atoms with van der Waals surface area (Å²) in [5.74, 6) is -2.17. The molecule has 2 N–H and O–H groups in total. The van der Waals surface area contributed by atoms with Crippen LogP contribution >= 0.6 is 0 Å². The van der Waals surface area contributed by atoms with Crippen LogP contribution in [0.1, 0.15) is 6.92 Å². The molecular formula is C8H10F2N2O. The molecule has 0 fully saturated rings. The predicted octanol–water partition coefficient (Wildman–Crippen LogP) is 1.15. The van der Waals surface area contributed by atoms with Gasteiger partial charge in [-0.3, -0.25) is 0 Å². The number of nitrogens with one attached hydrogen (secondary N) is 1. The lowest BCUT2D eigenvalue weighted by molar-refractivity contribution is 0.208. The van der Waals surface area contributed by atoms with E-state index in [9.17, 15) is 8.78 Å². The lowest BCUT2D eigenvalue weighted by Crippen LogP contribution is -2.16. The highest BCUT2D eigenvalue weighted by atomic mass is 19.2. The van der Waals surface area contributed by atoms with Crippen LogP contribution in [-0.2, 0) is 0 Å². The summed E-state index contributed by atoms with van der Waals surface area (Å²) in [6, 6.07) is 1.31. The van der Waals surface area contributed by atoms with Crippen LogP contribution in [0.15, 0.2) is 12.3 Å². The normalized spacial score (nSPS) is 12.6. The number of hydrogen-bond acceptors (Lipinski definition) is 3. The molecule has 0 aliphatic carbocycles. The minimum absolute atomic E-state index is 0.00778. The van der Waals surface area contributed by atoms with Gasteiger partial charge in [-0.1, -0.05) is 0 Å². The van der Waals surface area contributed by atoms with Gasteiger partial charge in [-0.05, 0) is 13.0 Å². The average Bonchev–Trinajstić information content (AvgIpc) is 2.07. The Labute approximate surface area is 74.4 Å². The van der Waals surface area contributed by atoms with Crippen LogP contribution in [0, 0.1) is 11.8 Å². The zero-order valence-electron chi connectivity index (χ0n) is 7.09. The molecule has 1 rings (SSSR count). The third kappa shape index (κ3) is 2.62. The number of pyridine rings is 1. The van der Waals surface area contributed by atoms with Crippen LogP contribution in [-0.4, -0.2) is 22.7 Å². The molecule has 0 saturated heterocycles. The highest BCUT2D eigenvalue weighted by Crippen LogP contribution is 2.13. The monoisotopic (exact) mass is 188 g/mol. The van der Waals surface area contributed by atoms with Crippen molar-refractivity contribution in [3.63, 3.8) is 0 Å². The number of rotatable bonds is 3. The third-order valence-electron chi connectivity index (χ3n) is 1.43. The second-order valence-corrected chi connectivity index (χ2v) is 2.69. The summed E-state index contributed by atoms with van der Waals surface area (Å²) < 4.78 is 25.4. The Morgan fingerprint density at radius 1 is 1.62 bits per heavy atom. The summed E-state index contributed by atoms with van der Waals surface area (Å²) in [5, 5.41) is 11.4. The van der Waals surface area contributed by atoms with E-state index >= 15 is 0 Å². The molecule has 0 unspecified atom stereocenters. The zero-order valence-corrected chi connectivity index (χ0v) is 7.09. The first-order valence-corrected chi connectivity index (χ1v) is 3.83. The molecule has 1 aromatic rings. The summed E-state index contributed by atoms with van der Waals surface area (Å²) in [6.45, 7) is 1.71. The van der Waals surface area contributed by atoms with Crippen LogP contribution < -0.4 is 5.32 Å². The lowest BCUT2D eigenvalue weighted by atomic mass is 10.3. The van der Waals surface area contributed by atoms with Crippen LogP contribution in [0.25, 0.3) is 0 Å². The topological polar surface area (TPSA) is 45.1 Å². The minimum Gasteiger partial charge on any atom is -0.392 e. The minimum atomic E-state index is -1.14. The molecule has 5 heteroatoms. The second-order valence-electron chi connectivity index (χ2n) is 2.69. The van der Waals surface area contributed by atoms with Crippen molar-refractivity contribution < 1.29 is 13.9 Å². The maximum absolute atomic E-state index is 12.9. The summed E-state index contributed by atoms with van der Waals surface area (Å²) in [7, 11) is 0. The number of aromatic nitrogens is 1. The van der Waals surface area contributed by atoms with Gasteiger partial charge in [-0.2, -0.15) is 8.78 Å². The van der Waals surface area contributed by atoms with E-state index < -0.39 is 17.9 Å². The number of hydrogen-bond donors (Lipinski definition) is 2. The molecule has 0 aromatic carbocycles. The van der Waals surface area contributed by atoms with E-state index in [0.29, 0.717) is 0 Å². The molecule has 1 aromatic heterocycles. The number of nitrogens with zero attached hydrogens (tertiary/aromatic N) is 1. The molecule has 1 atom stereocenters. The Kier molecular flexibility index (Phi) is 3.13. The van der Waals surface area contributed by atoms with Gasteiger partial charge in [0.2, 0.25) is 5.82 Å². The maximum Gasteiger partial charge on any atom is 0.251 e. The molecule has 1 heterocycles. The quantitative estimate of drug-likeness (QED) is 0.699. The van der Waals surface area contributed by atoms with E-state index in [-0.39, 0.29) is 12.2 Å². The number of halogens is 2. The average molecular weight is 188 g/mol. The van der Waals surface area contributed by atoms with Gasteiger partial charge in [0.05, 0.1) is 11.8 Å². The number of aliphatic hydroxyl groups excluding tert-OH is 1. The zero-order chi connectivity index (χ0) is 9.84. The van der Waals surface area contributed by atoms with Gasteiger partial charge in [0.25, 0.3) is 5.95 Å².